The number of hydrogen-bond acceptors (Lipinski definition) is 4. The van der Waals surface area contributed by atoms with Crippen LogP contribution in [0.15, 0.2) is 0 Å². The molecular formula is C17H44O4Si4. The number of hydrogen-bond donors (Lipinski definition) is 0. The highest BCUT2D eigenvalue weighted by atomic mass is 28.4. The van der Waals surface area contributed by atoms with E-state index in [2.05, 4.69) is 72.0 Å². The third-order valence-corrected chi connectivity index (χ3v) is 11.5. The third kappa shape index (κ3) is 17.9. The van der Waals surface area contributed by atoms with Crippen LogP contribution in [0, 0.1) is 0 Å². The van der Waals surface area contributed by atoms with E-state index in [9.17, 15) is 0 Å². The summed E-state index contributed by atoms with van der Waals surface area (Å²) < 4.78 is 24.6. The van der Waals surface area contributed by atoms with E-state index in [1.165, 1.54) is 0 Å². The summed E-state index contributed by atoms with van der Waals surface area (Å²) in [5.41, 5.74) is 0. The second-order valence-corrected chi connectivity index (χ2v) is 28.5. The normalized spacial score (nSPS) is 15.5. The molecule has 0 N–H and O–H groups in total. The fourth-order valence-electron chi connectivity index (χ4n) is 2.65. The lowest BCUT2D eigenvalue weighted by Crippen LogP contribution is -2.42. The van der Waals surface area contributed by atoms with Gasteiger partial charge < -0.3 is 17.7 Å². The Kier molecular flexibility index (Phi) is 10.6. The van der Waals surface area contributed by atoms with E-state index in [0.717, 1.165) is 19.1 Å². The molecule has 0 aliphatic rings. The first-order chi connectivity index (χ1) is 11.0. The lowest BCUT2D eigenvalue weighted by molar-refractivity contribution is 0.0203. The summed E-state index contributed by atoms with van der Waals surface area (Å²) >= 11 is 0. The molecule has 0 saturated heterocycles. The molecule has 0 heterocycles. The molecule has 1 atom stereocenters. The van der Waals surface area contributed by atoms with Gasteiger partial charge in [0.15, 0.2) is 33.3 Å². The molecule has 0 aliphatic heterocycles. The predicted octanol–water partition coefficient (Wildman–Crippen LogP) is 5.52. The van der Waals surface area contributed by atoms with Crippen LogP contribution >= 0.6 is 0 Å². The molecule has 0 aromatic heterocycles. The van der Waals surface area contributed by atoms with Gasteiger partial charge in [-0.25, -0.2) is 0 Å². The standard InChI is InChI=1S/C17H44O4Si4/c1-22(2,3)19-16-17(20-23(4,5)6)15-18-13-12-14-25(10,11)21-24(7,8)9/h17H,12-16H2,1-11H3. The maximum atomic E-state index is 6.38. The van der Waals surface area contributed by atoms with Crippen molar-refractivity contribution < 1.29 is 17.7 Å². The molecule has 25 heavy (non-hydrogen) atoms. The zero-order valence-electron chi connectivity index (χ0n) is 18.7. The maximum Gasteiger partial charge on any atom is 0.184 e. The first kappa shape index (κ1) is 25.7. The molecule has 8 heteroatoms. The van der Waals surface area contributed by atoms with Crippen LogP contribution in [0.2, 0.25) is 78.1 Å². The highest BCUT2D eigenvalue weighted by Gasteiger charge is 2.29. The summed E-state index contributed by atoms with van der Waals surface area (Å²) in [7, 11) is -6.12. The Hall–Kier alpha value is 0.708. The summed E-state index contributed by atoms with van der Waals surface area (Å²) in [5.74, 6) is 0. The van der Waals surface area contributed by atoms with E-state index < -0.39 is 33.3 Å². The fraction of sp³-hybridized carbons (Fsp3) is 1.00. The SMILES string of the molecule is C[Si](C)(C)OCC(COCCC[Si](C)(C)O[Si](C)(C)C)O[Si](C)(C)C. The molecule has 0 saturated carbocycles. The Labute approximate surface area is 161 Å². The Balaban J connectivity index is 4.24. The van der Waals surface area contributed by atoms with Gasteiger partial charge in [-0.3, -0.25) is 0 Å². The van der Waals surface area contributed by atoms with E-state index >= 15 is 0 Å². The Morgan fingerprint density at radius 2 is 1.24 bits per heavy atom. The minimum atomic E-state index is -1.59. The molecule has 0 aliphatic carbocycles. The van der Waals surface area contributed by atoms with Gasteiger partial charge in [-0.05, 0) is 84.5 Å². The van der Waals surface area contributed by atoms with Crippen molar-refractivity contribution in [3.05, 3.63) is 0 Å². The van der Waals surface area contributed by atoms with Gasteiger partial charge in [0.1, 0.15) is 0 Å². The van der Waals surface area contributed by atoms with Gasteiger partial charge in [0.05, 0.1) is 19.3 Å². The average Bonchev–Trinajstić information content (AvgIpc) is 2.29. The van der Waals surface area contributed by atoms with Crippen molar-refractivity contribution in [2.24, 2.45) is 0 Å². The van der Waals surface area contributed by atoms with Crippen LogP contribution in [0.25, 0.3) is 0 Å². The summed E-state index contributed by atoms with van der Waals surface area (Å²) in [6.07, 6.45) is 1.13. The molecular weight excluding hydrogens is 381 g/mol. The molecule has 0 radical (unpaired) electrons. The first-order valence-corrected chi connectivity index (χ1v) is 22.9. The van der Waals surface area contributed by atoms with Gasteiger partial charge >= 0.3 is 0 Å². The van der Waals surface area contributed by atoms with Crippen LogP contribution in [0.5, 0.6) is 0 Å². The van der Waals surface area contributed by atoms with Crippen molar-refractivity contribution in [3.63, 3.8) is 0 Å². The van der Waals surface area contributed by atoms with Crippen LogP contribution in [-0.2, 0) is 17.7 Å². The van der Waals surface area contributed by atoms with Crippen molar-refractivity contribution >= 4 is 33.3 Å². The van der Waals surface area contributed by atoms with E-state index in [0.29, 0.717) is 13.2 Å². The van der Waals surface area contributed by atoms with Gasteiger partial charge in [0.25, 0.3) is 0 Å². The van der Waals surface area contributed by atoms with E-state index in [1.807, 2.05) is 0 Å². The highest BCUT2D eigenvalue weighted by Crippen LogP contribution is 2.20. The topological polar surface area (TPSA) is 36.9 Å². The largest absolute Gasteiger partial charge is 0.456 e. The van der Waals surface area contributed by atoms with E-state index in [4.69, 9.17) is 17.7 Å². The highest BCUT2D eigenvalue weighted by molar-refractivity contribution is 6.84. The Morgan fingerprint density at radius 3 is 1.68 bits per heavy atom. The van der Waals surface area contributed by atoms with Crippen LogP contribution in [0.4, 0.5) is 0 Å². The lowest BCUT2D eigenvalue weighted by atomic mass is 10.4. The van der Waals surface area contributed by atoms with Gasteiger partial charge in [-0.1, -0.05) is 0 Å². The summed E-state index contributed by atoms with van der Waals surface area (Å²) in [5, 5.41) is 0. The quantitative estimate of drug-likeness (QED) is 0.288. The molecule has 0 aromatic carbocycles. The zero-order chi connectivity index (χ0) is 19.9. The second-order valence-electron chi connectivity index (χ2n) is 10.4. The Bertz CT molecular complexity index is 370. The van der Waals surface area contributed by atoms with E-state index in [1.54, 1.807) is 0 Å². The monoisotopic (exact) mass is 424 g/mol. The van der Waals surface area contributed by atoms with Crippen LogP contribution in [0.3, 0.4) is 0 Å². The van der Waals surface area contributed by atoms with Gasteiger partial charge in [-0.2, -0.15) is 0 Å². The van der Waals surface area contributed by atoms with Crippen molar-refractivity contribution in [1.82, 2.24) is 0 Å². The summed E-state index contributed by atoms with van der Waals surface area (Å²) in [6.45, 7) is 26.8. The predicted molar refractivity (Wildman–Crippen MR) is 120 cm³/mol. The third-order valence-electron chi connectivity index (χ3n) is 3.18. The molecule has 0 rings (SSSR count). The number of rotatable bonds is 13. The molecule has 0 spiro atoms. The second kappa shape index (κ2) is 10.3. The Morgan fingerprint density at radius 1 is 0.680 bits per heavy atom. The zero-order valence-corrected chi connectivity index (χ0v) is 22.7. The average molecular weight is 425 g/mol. The first-order valence-electron chi connectivity index (χ1n) is 9.59. The lowest BCUT2D eigenvalue weighted by Gasteiger charge is -2.31. The number of ether oxygens (including phenoxy) is 1. The van der Waals surface area contributed by atoms with Crippen molar-refractivity contribution in [1.29, 1.82) is 0 Å². The molecule has 4 nitrogen and oxygen atoms in total. The minimum Gasteiger partial charge on any atom is -0.456 e. The molecule has 1 unspecified atom stereocenters. The summed E-state index contributed by atoms with van der Waals surface area (Å²) in [4.78, 5) is 0. The van der Waals surface area contributed by atoms with Crippen molar-refractivity contribution in [2.45, 2.75) is 90.6 Å². The van der Waals surface area contributed by atoms with Crippen LogP contribution in [-0.4, -0.2) is 59.2 Å². The van der Waals surface area contributed by atoms with Gasteiger partial charge in [0.2, 0.25) is 0 Å². The van der Waals surface area contributed by atoms with Gasteiger partial charge in [0, 0.05) is 6.61 Å². The molecule has 152 valence electrons. The van der Waals surface area contributed by atoms with Crippen molar-refractivity contribution in [2.75, 3.05) is 19.8 Å². The van der Waals surface area contributed by atoms with Gasteiger partial charge in [-0.15, -0.1) is 0 Å². The fourth-order valence-corrected chi connectivity index (χ4v) is 12.5. The van der Waals surface area contributed by atoms with Crippen LogP contribution < -0.4 is 0 Å². The molecule has 0 fully saturated rings. The molecule has 0 aromatic rings. The van der Waals surface area contributed by atoms with Crippen LogP contribution in [0.1, 0.15) is 6.42 Å². The maximum absolute atomic E-state index is 6.38. The van der Waals surface area contributed by atoms with E-state index in [-0.39, 0.29) is 6.10 Å². The molecule has 0 bridgehead atoms. The smallest absolute Gasteiger partial charge is 0.184 e. The summed E-state index contributed by atoms with van der Waals surface area (Å²) in [6, 6.07) is 1.15. The molecule has 0 amide bonds. The minimum absolute atomic E-state index is 0.0573. The van der Waals surface area contributed by atoms with Crippen molar-refractivity contribution in [3.8, 4) is 0 Å².